The largest absolute Gasteiger partial charge is 0.346 e. The Kier molecular flexibility index (Phi) is 4.24. The molecule has 2 aromatic heterocycles. The summed E-state index contributed by atoms with van der Waals surface area (Å²) in [5.41, 5.74) is 2.96. The van der Waals surface area contributed by atoms with Crippen molar-refractivity contribution >= 4 is 17.5 Å². The molecule has 3 aromatic rings. The number of rotatable bonds is 4. The third-order valence-electron chi connectivity index (χ3n) is 3.76. The van der Waals surface area contributed by atoms with Gasteiger partial charge >= 0.3 is 0 Å². The fourth-order valence-electron chi connectivity index (χ4n) is 2.43. The van der Waals surface area contributed by atoms with Crippen LogP contribution in [-0.4, -0.2) is 21.2 Å². The van der Waals surface area contributed by atoms with Crippen molar-refractivity contribution in [3.63, 3.8) is 0 Å². The van der Waals surface area contributed by atoms with Gasteiger partial charge < -0.3 is 9.88 Å². The van der Waals surface area contributed by atoms with Gasteiger partial charge in [0.25, 0.3) is 5.91 Å². The number of aryl methyl sites for hydroxylation is 1. The van der Waals surface area contributed by atoms with Gasteiger partial charge in [-0.15, -0.1) is 0 Å². The summed E-state index contributed by atoms with van der Waals surface area (Å²) in [6.07, 6.45) is 3.36. The van der Waals surface area contributed by atoms with Crippen LogP contribution in [0.2, 0.25) is 0 Å². The quantitative estimate of drug-likeness (QED) is 0.748. The van der Waals surface area contributed by atoms with E-state index in [9.17, 15) is 9.59 Å². The molecule has 0 aliphatic carbocycles. The van der Waals surface area contributed by atoms with E-state index >= 15 is 0 Å². The molecule has 120 valence electrons. The third-order valence-corrected chi connectivity index (χ3v) is 3.76. The number of hydrogen-bond donors (Lipinski definition) is 1. The maximum atomic E-state index is 12.3. The molecular formula is C19H17N3O2. The first-order valence-corrected chi connectivity index (χ1v) is 7.55. The first-order chi connectivity index (χ1) is 11.5. The number of pyridine rings is 1. The Balaban J connectivity index is 1.76. The zero-order valence-corrected chi connectivity index (χ0v) is 13.5. The van der Waals surface area contributed by atoms with E-state index in [1.165, 1.54) is 6.92 Å². The number of aromatic nitrogens is 2. The molecule has 5 heteroatoms. The molecule has 0 aliphatic rings. The van der Waals surface area contributed by atoms with Crippen molar-refractivity contribution in [2.45, 2.75) is 6.92 Å². The van der Waals surface area contributed by atoms with Gasteiger partial charge in [0, 0.05) is 30.6 Å². The topological polar surface area (TPSA) is 64.0 Å². The maximum absolute atomic E-state index is 12.3. The Morgan fingerprint density at radius 3 is 2.38 bits per heavy atom. The first-order valence-electron chi connectivity index (χ1n) is 7.55. The molecule has 0 atom stereocenters. The Labute approximate surface area is 140 Å². The van der Waals surface area contributed by atoms with E-state index in [0.717, 1.165) is 11.1 Å². The van der Waals surface area contributed by atoms with Crippen LogP contribution in [0.3, 0.4) is 0 Å². The molecule has 0 aliphatic heterocycles. The lowest BCUT2D eigenvalue weighted by molar-refractivity contribution is 0.101. The Morgan fingerprint density at radius 1 is 1.04 bits per heavy atom. The molecule has 0 bridgehead atoms. The summed E-state index contributed by atoms with van der Waals surface area (Å²) >= 11 is 0. The second-order valence-electron chi connectivity index (χ2n) is 5.53. The SMILES string of the molecule is CC(=O)c1cc(C(=O)Nc2ccc(-c3ccccc3)cn2)n(C)c1. The molecular weight excluding hydrogens is 302 g/mol. The van der Waals surface area contributed by atoms with Crippen molar-refractivity contribution < 1.29 is 9.59 Å². The fourth-order valence-corrected chi connectivity index (χ4v) is 2.43. The molecule has 0 saturated carbocycles. The highest BCUT2D eigenvalue weighted by atomic mass is 16.2. The predicted molar refractivity (Wildman–Crippen MR) is 93.0 cm³/mol. The van der Waals surface area contributed by atoms with Crippen LogP contribution in [0, 0.1) is 0 Å². The van der Waals surface area contributed by atoms with Crippen molar-refractivity contribution in [3.05, 3.63) is 72.2 Å². The van der Waals surface area contributed by atoms with E-state index in [-0.39, 0.29) is 11.7 Å². The highest BCUT2D eigenvalue weighted by molar-refractivity contribution is 6.05. The van der Waals surface area contributed by atoms with E-state index < -0.39 is 0 Å². The molecule has 0 unspecified atom stereocenters. The number of Topliss-reactive ketones (excluding diaryl/α,β-unsaturated/α-hetero) is 1. The van der Waals surface area contributed by atoms with Gasteiger partial charge in [-0.25, -0.2) is 4.98 Å². The Hall–Kier alpha value is -3.21. The highest BCUT2D eigenvalue weighted by Crippen LogP contribution is 2.19. The Bertz CT molecular complexity index is 881. The number of amides is 1. The van der Waals surface area contributed by atoms with Crippen LogP contribution in [-0.2, 0) is 7.05 Å². The number of nitrogens with one attached hydrogen (secondary N) is 1. The second kappa shape index (κ2) is 6.50. The predicted octanol–water partition coefficient (Wildman–Crippen LogP) is 3.54. The van der Waals surface area contributed by atoms with E-state index in [1.807, 2.05) is 36.4 Å². The molecule has 0 saturated heterocycles. The first kappa shape index (κ1) is 15.7. The van der Waals surface area contributed by atoms with Crippen molar-refractivity contribution in [3.8, 4) is 11.1 Å². The van der Waals surface area contributed by atoms with Gasteiger partial charge in [0.05, 0.1) is 0 Å². The fraction of sp³-hybridized carbons (Fsp3) is 0.105. The highest BCUT2D eigenvalue weighted by Gasteiger charge is 2.14. The van der Waals surface area contributed by atoms with Gasteiger partial charge in [-0.05, 0) is 30.7 Å². The number of anilines is 1. The number of ketones is 1. The normalized spacial score (nSPS) is 10.4. The minimum atomic E-state index is -0.301. The number of carbonyl (C=O) groups is 2. The molecule has 3 rings (SSSR count). The van der Waals surface area contributed by atoms with Crippen molar-refractivity contribution in [1.82, 2.24) is 9.55 Å². The maximum Gasteiger partial charge on any atom is 0.273 e. The molecule has 2 heterocycles. The summed E-state index contributed by atoms with van der Waals surface area (Å²) in [4.78, 5) is 28.0. The minimum absolute atomic E-state index is 0.0741. The number of nitrogens with zero attached hydrogens (tertiary/aromatic N) is 2. The van der Waals surface area contributed by atoms with Crippen LogP contribution in [0.4, 0.5) is 5.82 Å². The van der Waals surface area contributed by atoms with Crippen LogP contribution in [0.5, 0.6) is 0 Å². The molecule has 0 spiro atoms. The molecule has 24 heavy (non-hydrogen) atoms. The van der Waals surface area contributed by atoms with Gasteiger partial charge in [0.15, 0.2) is 5.78 Å². The van der Waals surface area contributed by atoms with E-state index in [1.54, 1.807) is 36.1 Å². The van der Waals surface area contributed by atoms with Crippen LogP contribution in [0.15, 0.2) is 60.9 Å². The van der Waals surface area contributed by atoms with Gasteiger partial charge in [-0.3, -0.25) is 9.59 Å². The smallest absolute Gasteiger partial charge is 0.273 e. The summed E-state index contributed by atoms with van der Waals surface area (Å²) in [7, 11) is 1.73. The molecule has 0 radical (unpaired) electrons. The van der Waals surface area contributed by atoms with E-state index in [4.69, 9.17) is 0 Å². The number of carbonyl (C=O) groups excluding carboxylic acids is 2. The molecule has 5 nitrogen and oxygen atoms in total. The van der Waals surface area contributed by atoms with Gasteiger partial charge in [-0.2, -0.15) is 0 Å². The molecule has 1 amide bonds. The minimum Gasteiger partial charge on any atom is -0.346 e. The lowest BCUT2D eigenvalue weighted by Crippen LogP contribution is -2.16. The monoisotopic (exact) mass is 319 g/mol. The summed E-state index contributed by atoms with van der Waals surface area (Å²) in [6, 6.07) is 15.1. The van der Waals surface area contributed by atoms with Crippen LogP contribution in [0.1, 0.15) is 27.8 Å². The average molecular weight is 319 g/mol. The van der Waals surface area contributed by atoms with Crippen molar-refractivity contribution in [2.24, 2.45) is 7.05 Å². The number of benzene rings is 1. The zero-order valence-electron chi connectivity index (χ0n) is 13.5. The summed E-state index contributed by atoms with van der Waals surface area (Å²) < 4.78 is 1.63. The third kappa shape index (κ3) is 3.25. The number of hydrogen-bond acceptors (Lipinski definition) is 3. The molecule has 1 N–H and O–H groups in total. The zero-order chi connectivity index (χ0) is 17.1. The summed E-state index contributed by atoms with van der Waals surface area (Å²) in [5.74, 6) is 0.0882. The van der Waals surface area contributed by atoms with Crippen LogP contribution < -0.4 is 5.32 Å². The molecule has 0 fully saturated rings. The van der Waals surface area contributed by atoms with Crippen molar-refractivity contribution in [2.75, 3.05) is 5.32 Å². The Morgan fingerprint density at radius 2 is 1.79 bits per heavy atom. The summed E-state index contributed by atoms with van der Waals surface area (Å²) in [5, 5.41) is 2.75. The van der Waals surface area contributed by atoms with Gasteiger partial charge in [0.2, 0.25) is 0 Å². The van der Waals surface area contributed by atoms with Gasteiger partial charge in [0.1, 0.15) is 11.5 Å². The van der Waals surface area contributed by atoms with E-state index in [0.29, 0.717) is 17.1 Å². The van der Waals surface area contributed by atoms with Crippen molar-refractivity contribution in [1.29, 1.82) is 0 Å². The second-order valence-corrected chi connectivity index (χ2v) is 5.53. The molecule has 1 aromatic carbocycles. The van der Waals surface area contributed by atoms with Crippen LogP contribution >= 0.6 is 0 Å². The summed E-state index contributed by atoms with van der Waals surface area (Å²) in [6.45, 7) is 1.47. The average Bonchev–Trinajstić information content (AvgIpc) is 2.99. The lowest BCUT2D eigenvalue weighted by atomic mass is 10.1. The van der Waals surface area contributed by atoms with Crippen LogP contribution in [0.25, 0.3) is 11.1 Å². The van der Waals surface area contributed by atoms with E-state index in [2.05, 4.69) is 10.3 Å². The van der Waals surface area contributed by atoms with Gasteiger partial charge in [-0.1, -0.05) is 30.3 Å². The lowest BCUT2D eigenvalue weighted by Gasteiger charge is -2.06. The standard InChI is InChI=1S/C19H17N3O2/c1-13(23)16-10-17(22(2)12-16)19(24)21-18-9-8-15(11-20-18)14-6-4-3-5-7-14/h3-12H,1-2H3,(H,20,21,24).